The molecule has 0 aliphatic heterocycles. The minimum absolute atomic E-state index is 0.0274. The maximum Gasteiger partial charge on any atom is 0.332 e. The van der Waals surface area contributed by atoms with Gasteiger partial charge in [0.05, 0.1) is 0 Å². The first-order valence-electron chi connectivity index (χ1n) is 11.7. The number of hydrogen-bond acceptors (Lipinski definition) is 6. The van der Waals surface area contributed by atoms with Gasteiger partial charge in [0.2, 0.25) is 11.2 Å². The fourth-order valence-electron chi connectivity index (χ4n) is 4.23. The van der Waals surface area contributed by atoms with Gasteiger partial charge in [0.25, 0.3) is 5.56 Å². The molecule has 1 unspecified atom stereocenters. The smallest absolute Gasteiger partial charge is 0.332 e. The largest absolute Gasteiger partial charge is 0.339 e. The summed E-state index contributed by atoms with van der Waals surface area (Å²) in [6.45, 7) is 6.98. The lowest BCUT2D eigenvalue weighted by Gasteiger charge is -2.17. The van der Waals surface area contributed by atoms with Gasteiger partial charge in [-0.3, -0.25) is 13.9 Å². The van der Waals surface area contributed by atoms with Gasteiger partial charge in [-0.05, 0) is 35.9 Å². The van der Waals surface area contributed by atoms with Crippen LogP contribution in [-0.2, 0) is 19.5 Å². The van der Waals surface area contributed by atoms with E-state index in [4.69, 9.17) is 16.1 Å². The van der Waals surface area contributed by atoms with Crippen molar-refractivity contribution in [1.29, 1.82) is 0 Å². The van der Waals surface area contributed by atoms with Crippen LogP contribution in [0.4, 0.5) is 0 Å². The van der Waals surface area contributed by atoms with Gasteiger partial charge in [-0.25, -0.2) is 4.79 Å². The first-order valence-corrected chi connectivity index (χ1v) is 12.0. The van der Waals surface area contributed by atoms with E-state index in [1.807, 2.05) is 25.1 Å². The average molecular weight is 485 g/mol. The summed E-state index contributed by atoms with van der Waals surface area (Å²) in [7, 11) is 0. The Morgan fingerprint density at radius 1 is 1.06 bits per heavy atom. The number of imidazole rings is 1. The van der Waals surface area contributed by atoms with Crippen molar-refractivity contribution in [2.24, 2.45) is 5.92 Å². The highest BCUT2D eigenvalue weighted by atomic mass is 35.5. The predicted molar refractivity (Wildman–Crippen MR) is 130 cm³/mol. The number of fused-ring (bicyclic) bond motifs is 1. The molecule has 0 spiro atoms. The third-order valence-corrected chi connectivity index (χ3v) is 6.11. The Morgan fingerprint density at radius 2 is 1.79 bits per heavy atom. The molecule has 1 aromatic carbocycles. The Morgan fingerprint density at radius 3 is 2.50 bits per heavy atom. The molecule has 0 saturated heterocycles. The van der Waals surface area contributed by atoms with E-state index >= 15 is 0 Å². The van der Waals surface area contributed by atoms with Crippen LogP contribution in [0.2, 0.25) is 5.28 Å². The molecular formula is C24H29ClN6O3. The molecule has 0 radical (unpaired) electrons. The molecule has 180 valence electrons. The second kappa shape index (κ2) is 10.4. The lowest BCUT2D eigenvalue weighted by Crippen LogP contribution is -2.40. The minimum Gasteiger partial charge on any atom is -0.339 e. The Kier molecular flexibility index (Phi) is 7.31. The van der Waals surface area contributed by atoms with Crippen LogP contribution in [0, 0.1) is 5.92 Å². The molecule has 0 amide bonds. The summed E-state index contributed by atoms with van der Waals surface area (Å²) in [4.78, 5) is 37.5. The van der Waals surface area contributed by atoms with Crippen LogP contribution in [0.15, 0.2) is 44.4 Å². The summed E-state index contributed by atoms with van der Waals surface area (Å²) < 4.78 is 8.24. The molecule has 4 rings (SSSR count). The van der Waals surface area contributed by atoms with Crippen molar-refractivity contribution in [2.75, 3.05) is 0 Å². The van der Waals surface area contributed by atoms with E-state index < -0.39 is 5.56 Å². The van der Waals surface area contributed by atoms with E-state index in [2.05, 4.69) is 46.1 Å². The molecular weight excluding hydrogens is 456 g/mol. The summed E-state index contributed by atoms with van der Waals surface area (Å²) in [6, 6.07) is 10.1. The average Bonchev–Trinajstić information content (AvgIpc) is 3.43. The van der Waals surface area contributed by atoms with E-state index in [1.54, 1.807) is 0 Å². The van der Waals surface area contributed by atoms with Crippen molar-refractivity contribution in [3.63, 3.8) is 0 Å². The number of H-pyrrole nitrogens is 1. The lowest BCUT2D eigenvalue weighted by atomic mass is 9.88. The number of benzene rings is 1. The highest BCUT2D eigenvalue weighted by Crippen LogP contribution is 2.29. The summed E-state index contributed by atoms with van der Waals surface area (Å²) in [6.07, 6.45) is 2.65. The fraction of sp³-hybridized carbons (Fsp3) is 0.458. The van der Waals surface area contributed by atoms with Crippen LogP contribution >= 0.6 is 11.6 Å². The van der Waals surface area contributed by atoms with Crippen molar-refractivity contribution in [2.45, 2.75) is 65.5 Å². The molecule has 9 nitrogen and oxygen atoms in total. The zero-order valence-electron chi connectivity index (χ0n) is 19.6. The summed E-state index contributed by atoms with van der Waals surface area (Å²) in [5, 5.41) is 4.31. The predicted octanol–water partition coefficient (Wildman–Crippen LogP) is 4.14. The Hall–Kier alpha value is -3.20. The molecule has 34 heavy (non-hydrogen) atoms. The lowest BCUT2D eigenvalue weighted by molar-refractivity contribution is 0.361. The van der Waals surface area contributed by atoms with Gasteiger partial charge in [0.15, 0.2) is 17.0 Å². The number of nitrogens with one attached hydrogen (secondary N) is 1. The van der Waals surface area contributed by atoms with Crippen LogP contribution in [0.5, 0.6) is 0 Å². The molecule has 3 heterocycles. The molecule has 0 fully saturated rings. The SMILES string of the molecule is CCCCn1c(=O)n(CCCc2nc(C(c3ccccc3)C(C)C)no2)c(=O)c2[nH]c(Cl)nc21. The first kappa shape index (κ1) is 23.9. The maximum atomic E-state index is 13.1. The number of aromatic nitrogens is 6. The number of nitrogens with zero attached hydrogens (tertiary/aromatic N) is 5. The van der Waals surface area contributed by atoms with Crippen LogP contribution in [-0.4, -0.2) is 29.2 Å². The summed E-state index contributed by atoms with van der Waals surface area (Å²) >= 11 is 5.99. The number of hydrogen-bond donors (Lipinski definition) is 1. The van der Waals surface area contributed by atoms with E-state index in [1.165, 1.54) is 9.13 Å². The van der Waals surface area contributed by atoms with Crippen LogP contribution < -0.4 is 11.2 Å². The van der Waals surface area contributed by atoms with Gasteiger partial charge in [0.1, 0.15) is 0 Å². The Labute approximate surface area is 201 Å². The van der Waals surface area contributed by atoms with Crippen molar-refractivity contribution in [3.05, 3.63) is 73.7 Å². The van der Waals surface area contributed by atoms with Crippen molar-refractivity contribution >= 4 is 22.8 Å². The molecule has 4 aromatic rings. The topological polar surface area (TPSA) is 112 Å². The number of aryl methyl sites for hydroxylation is 2. The number of halogens is 1. The second-order valence-corrected chi connectivity index (χ2v) is 9.11. The molecule has 0 saturated carbocycles. The summed E-state index contributed by atoms with van der Waals surface area (Å²) in [5.74, 6) is 1.45. The van der Waals surface area contributed by atoms with Crippen LogP contribution in [0.1, 0.15) is 63.2 Å². The molecule has 3 aromatic heterocycles. The highest BCUT2D eigenvalue weighted by molar-refractivity contribution is 6.28. The van der Waals surface area contributed by atoms with Crippen molar-refractivity contribution in [3.8, 4) is 0 Å². The minimum atomic E-state index is -0.428. The molecule has 0 aliphatic rings. The van der Waals surface area contributed by atoms with Crippen molar-refractivity contribution < 1.29 is 4.52 Å². The maximum absolute atomic E-state index is 13.1. The Bertz CT molecular complexity index is 1370. The number of aromatic amines is 1. The van der Waals surface area contributed by atoms with Crippen molar-refractivity contribution in [1.82, 2.24) is 29.2 Å². The quantitative estimate of drug-likeness (QED) is 0.338. The van der Waals surface area contributed by atoms with Crippen LogP contribution in [0.25, 0.3) is 11.2 Å². The first-order chi connectivity index (χ1) is 16.4. The Balaban J connectivity index is 1.53. The van der Waals surface area contributed by atoms with Gasteiger partial charge in [-0.1, -0.05) is 62.7 Å². The molecule has 0 bridgehead atoms. The normalized spacial score (nSPS) is 12.6. The van der Waals surface area contributed by atoms with Gasteiger partial charge in [0, 0.05) is 25.4 Å². The third-order valence-electron chi connectivity index (χ3n) is 5.93. The monoisotopic (exact) mass is 484 g/mol. The zero-order valence-corrected chi connectivity index (χ0v) is 20.4. The standard InChI is InChI=1S/C24H29ClN6O3/c1-4-5-13-30-21-19(27-23(25)28-21)22(32)31(24(30)33)14-9-12-17-26-20(29-34-17)18(15(2)3)16-10-7-6-8-11-16/h6-8,10-11,15,18H,4-5,9,12-14H2,1-3H3,(H,27,28). The van der Waals surface area contributed by atoms with Gasteiger partial charge >= 0.3 is 5.69 Å². The fourth-order valence-corrected chi connectivity index (χ4v) is 4.40. The molecule has 1 atom stereocenters. The van der Waals surface area contributed by atoms with E-state index in [-0.39, 0.29) is 29.0 Å². The van der Waals surface area contributed by atoms with E-state index in [0.717, 1.165) is 18.4 Å². The highest BCUT2D eigenvalue weighted by Gasteiger charge is 2.24. The number of unbranched alkanes of at least 4 members (excludes halogenated alkanes) is 1. The second-order valence-electron chi connectivity index (χ2n) is 8.75. The van der Waals surface area contributed by atoms with Gasteiger partial charge < -0.3 is 9.51 Å². The third kappa shape index (κ3) is 4.84. The van der Waals surface area contributed by atoms with Crippen LogP contribution in [0.3, 0.4) is 0 Å². The van der Waals surface area contributed by atoms with E-state index in [9.17, 15) is 9.59 Å². The van der Waals surface area contributed by atoms with Gasteiger partial charge in [-0.15, -0.1) is 0 Å². The number of rotatable bonds is 10. The van der Waals surface area contributed by atoms with Gasteiger partial charge in [-0.2, -0.15) is 9.97 Å². The molecule has 0 aliphatic carbocycles. The summed E-state index contributed by atoms with van der Waals surface area (Å²) in [5.41, 5.74) is 0.859. The van der Waals surface area contributed by atoms with E-state index in [0.29, 0.717) is 42.7 Å². The molecule has 1 N–H and O–H groups in total. The molecule has 10 heteroatoms. The zero-order chi connectivity index (χ0) is 24.2.